The predicted octanol–water partition coefficient (Wildman–Crippen LogP) is 3.68. The lowest BCUT2D eigenvalue weighted by molar-refractivity contribution is 0.140. The van der Waals surface area contributed by atoms with Gasteiger partial charge < -0.3 is 15.2 Å². The smallest absolute Gasteiger partial charge is 0.407 e. The normalized spacial score (nSPS) is 9.75. The molecule has 2 aromatic carbocycles. The van der Waals surface area contributed by atoms with Gasteiger partial charge in [-0.25, -0.2) is 4.79 Å². The number of alkyl carbamates (subject to hydrolysis) is 1. The fraction of sp³-hybridized carbons (Fsp3) is 0.250. The van der Waals surface area contributed by atoms with Crippen LogP contribution in [0.15, 0.2) is 42.5 Å². The zero-order valence-electron chi connectivity index (χ0n) is 13.9. The minimum absolute atomic E-state index is 0.248. The maximum atomic E-state index is 11.6. The quantitative estimate of drug-likeness (QED) is 0.666. The maximum Gasteiger partial charge on any atom is 0.407 e. The Bertz CT molecular complexity index is 734. The highest BCUT2D eigenvalue weighted by atomic mass is 16.5. The summed E-state index contributed by atoms with van der Waals surface area (Å²) in [7, 11) is 0. The predicted molar refractivity (Wildman–Crippen MR) is 93.7 cm³/mol. The molecule has 0 atom stereocenters. The molecule has 0 unspecified atom stereocenters. The van der Waals surface area contributed by atoms with Gasteiger partial charge in [0.1, 0.15) is 12.4 Å². The minimum Gasteiger partial charge on any atom is -0.508 e. The molecule has 0 radical (unpaired) electrons. The van der Waals surface area contributed by atoms with Gasteiger partial charge in [-0.05, 0) is 42.7 Å². The molecule has 124 valence electrons. The van der Waals surface area contributed by atoms with Crippen molar-refractivity contribution in [3.8, 4) is 17.6 Å². The van der Waals surface area contributed by atoms with Gasteiger partial charge in [-0.1, -0.05) is 42.2 Å². The van der Waals surface area contributed by atoms with Gasteiger partial charge in [0.25, 0.3) is 0 Å². The Labute approximate surface area is 142 Å². The number of amides is 1. The summed E-state index contributed by atoms with van der Waals surface area (Å²) in [5.74, 6) is 6.37. The third kappa shape index (κ3) is 5.36. The van der Waals surface area contributed by atoms with Crippen LogP contribution in [0.2, 0.25) is 0 Å². The first-order chi connectivity index (χ1) is 11.6. The van der Waals surface area contributed by atoms with E-state index in [2.05, 4.69) is 17.2 Å². The molecular formula is C20H21NO3. The van der Waals surface area contributed by atoms with Crippen molar-refractivity contribution in [2.75, 3.05) is 6.54 Å². The third-order valence-corrected chi connectivity index (χ3v) is 3.46. The van der Waals surface area contributed by atoms with Crippen molar-refractivity contribution in [3.05, 3.63) is 64.7 Å². The van der Waals surface area contributed by atoms with E-state index in [1.54, 1.807) is 12.1 Å². The number of carbonyl (C=O) groups excluding carboxylic acids is 1. The lowest BCUT2D eigenvalue weighted by Crippen LogP contribution is -2.24. The Morgan fingerprint density at radius 2 is 1.83 bits per heavy atom. The van der Waals surface area contributed by atoms with Gasteiger partial charge in [-0.2, -0.15) is 0 Å². The van der Waals surface area contributed by atoms with Crippen molar-refractivity contribution in [2.24, 2.45) is 0 Å². The molecule has 0 spiro atoms. The second kappa shape index (κ2) is 8.64. The molecule has 4 heteroatoms. The van der Waals surface area contributed by atoms with Crippen LogP contribution >= 0.6 is 0 Å². The molecule has 24 heavy (non-hydrogen) atoms. The highest BCUT2D eigenvalue weighted by molar-refractivity contribution is 5.67. The summed E-state index contributed by atoms with van der Waals surface area (Å²) >= 11 is 0. The third-order valence-electron chi connectivity index (χ3n) is 3.46. The van der Waals surface area contributed by atoms with Crippen LogP contribution in [0.5, 0.6) is 5.75 Å². The van der Waals surface area contributed by atoms with Crippen LogP contribution in [-0.4, -0.2) is 17.7 Å². The number of carbonyl (C=O) groups is 1. The molecule has 0 aliphatic rings. The van der Waals surface area contributed by atoms with Gasteiger partial charge >= 0.3 is 6.09 Å². The highest BCUT2D eigenvalue weighted by Crippen LogP contribution is 2.19. The summed E-state index contributed by atoms with van der Waals surface area (Å²) in [6.07, 6.45) is 0.0813. The lowest BCUT2D eigenvalue weighted by Gasteiger charge is -2.05. The molecule has 2 rings (SSSR count). The first-order valence-electron chi connectivity index (χ1n) is 7.80. The fourth-order valence-corrected chi connectivity index (χ4v) is 2.29. The fourth-order valence-electron chi connectivity index (χ4n) is 2.29. The number of phenols is 1. The van der Waals surface area contributed by atoms with Crippen molar-refractivity contribution in [2.45, 2.75) is 26.9 Å². The Kier molecular flexibility index (Phi) is 6.27. The average Bonchev–Trinajstić information content (AvgIpc) is 2.55. The van der Waals surface area contributed by atoms with E-state index in [1.165, 1.54) is 0 Å². The Hall–Kier alpha value is -2.93. The Morgan fingerprint density at radius 3 is 2.50 bits per heavy atom. The summed E-state index contributed by atoms with van der Waals surface area (Å²) in [6, 6.07) is 12.9. The van der Waals surface area contributed by atoms with Crippen LogP contribution in [0, 0.1) is 25.7 Å². The number of hydrogen-bond acceptors (Lipinski definition) is 3. The van der Waals surface area contributed by atoms with Crippen LogP contribution in [0.1, 0.15) is 28.7 Å². The molecule has 0 bridgehead atoms. The van der Waals surface area contributed by atoms with Crippen molar-refractivity contribution in [3.63, 3.8) is 0 Å². The van der Waals surface area contributed by atoms with Gasteiger partial charge in [-0.15, -0.1) is 0 Å². The van der Waals surface area contributed by atoms with E-state index in [4.69, 9.17) is 4.74 Å². The number of aromatic hydroxyl groups is 1. The summed E-state index contributed by atoms with van der Waals surface area (Å²) < 4.78 is 5.12. The van der Waals surface area contributed by atoms with Gasteiger partial charge in [0.2, 0.25) is 0 Å². The largest absolute Gasteiger partial charge is 0.508 e. The van der Waals surface area contributed by atoms with Crippen LogP contribution < -0.4 is 5.32 Å². The summed E-state index contributed by atoms with van der Waals surface area (Å²) in [4.78, 5) is 11.6. The van der Waals surface area contributed by atoms with Crippen molar-refractivity contribution in [1.82, 2.24) is 5.32 Å². The molecule has 0 fully saturated rings. The highest BCUT2D eigenvalue weighted by Gasteiger charge is 2.02. The van der Waals surface area contributed by atoms with Crippen LogP contribution in [0.4, 0.5) is 4.79 Å². The second-order valence-corrected chi connectivity index (χ2v) is 5.49. The van der Waals surface area contributed by atoms with E-state index in [-0.39, 0.29) is 12.4 Å². The van der Waals surface area contributed by atoms with Crippen LogP contribution in [0.25, 0.3) is 0 Å². The molecule has 0 aliphatic heterocycles. The van der Waals surface area contributed by atoms with E-state index in [9.17, 15) is 9.90 Å². The molecular weight excluding hydrogens is 302 g/mol. The lowest BCUT2D eigenvalue weighted by atomic mass is 10.0. The first kappa shape index (κ1) is 17.4. The number of nitrogens with one attached hydrogen (secondary N) is 1. The monoisotopic (exact) mass is 323 g/mol. The Balaban J connectivity index is 1.74. The molecule has 2 N–H and O–H groups in total. The molecule has 0 aliphatic carbocycles. The molecule has 4 nitrogen and oxygen atoms in total. The second-order valence-electron chi connectivity index (χ2n) is 5.49. The summed E-state index contributed by atoms with van der Waals surface area (Å²) in [5.41, 5.74) is 3.75. The number of hydrogen-bond donors (Lipinski definition) is 2. The van der Waals surface area contributed by atoms with E-state index in [0.717, 1.165) is 22.3 Å². The van der Waals surface area contributed by atoms with E-state index >= 15 is 0 Å². The molecule has 0 saturated heterocycles. The van der Waals surface area contributed by atoms with Crippen LogP contribution in [-0.2, 0) is 11.3 Å². The summed E-state index contributed by atoms with van der Waals surface area (Å²) in [5, 5.41) is 12.2. The van der Waals surface area contributed by atoms with E-state index in [1.807, 2.05) is 44.2 Å². The number of rotatable bonds is 4. The zero-order valence-corrected chi connectivity index (χ0v) is 13.9. The number of phenolic OH excluding ortho intramolecular Hbond substituents is 1. The van der Waals surface area contributed by atoms with E-state index < -0.39 is 6.09 Å². The molecule has 0 saturated carbocycles. The van der Waals surface area contributed by atoms with Gasteiger partial charge in [0, 0.05) is 18.5 Å². The SMILES string of the molecule is Cc1cc(O)cc(C)c1C#CCCNC(=O)OCc1ccccc1. The van der Waals surface area contributed by atoms with E-state index in [0.29, 0.717) is 13.0 Å². The summed E-state index contributed by atoms with van der Waals surface area (Å²) in [6.45, 7) is 4.51. The van der Waals surface area contributed by atoms with Gasteiger partial charge in [0.15, 0.2) is 0 Å². The average molecular weight is 323 g/mol. The van der Waals surface area contributed by atoms with Crippen molar-refractivity contribution >= 4 is 6.09 Å². The molecule has 2 aromatic rings. The number of benzene rings is 2. The minimum atomic E-state index is -0.447. The number of aryl methyl sites for hydroxylation is 2. The molecule has 1 amide bonds. The maximum absolute atomic E-state index is 11.6. The standard InChI is InChI=1S/C20H21NO3/c1-15-12-18(22)13-16(2)19(15)10-6-7-11-21-20(23)24-14-17-8-4-3-5-9-17/h3-5,8-9,12-13,22H,7,11,14H2,1-2H3,(H,21,23). The number of ether oxygens (including phenoxy) is 1. The van der Waals surface area contributed by atoms with Crippen molar-refractivity contribution < 1.29 is 14.6 Å². The molecule has 0 heterocycles. The first-order valence-corrected chi connectivity index (χ1v) is 7.80. The van der Waals surface area contributed by atoms with Crippen LogP contribution in [0.3, 0.4) is 0 Å². The Morgan fingerprint density at radius 1 is 1.17 bits per heavy atom. The zero-order chi connectivity index (χ0) is 17.4. The topological polar surface area (TPSA) is 58.6 Å². The van der Waals surface area contributed by atoms with Gasteiger partial charge in [-0.3, -0.25) is 0 Å². The van der Waals surface area contributed by atoms with Gasteiger partial charge in [0.05, 0.1) is 0 Å². The molecule has 0 aromatic heterocycles. The van der Waals surface area contributed by atoms with Crippen molar-refractivity contribution in [1.29, 1.82) is 0 Å².